The molecule has 0 aliphatic rings. The zero-order chi connectivity index (χ0) is 12.9. The van der Waals surface area contributed by atoms with Gasteiger partial charge in [-0.3, -0.25) is 0 Å². The average molecular weight is 227 g/mol. The lowest BCUT2D eigenvalue weighted by Crippen LogP contribution is -2.25. The molecule has 0 spiro atoms. The summed E-state index contributed by atoms with van der Waals surface area (Å²) in [5, 5.41) is 3.23. The van der Waals surface area contributed by atoms with Crippen LogP contribution in [0.2, 0.25) is 0 Å². The van der Waals surface area contributed by atoms with Crippen LogP contribution in [0.4, 0.5) is 5.69 Å². The molecule has 1 nitrogen and oxygen atoms in total. The van der Waals surface area contributed by atoms with E-state index in [1.807, 2.05) is 38.3 Å². The van der Waals surface area contributed by atoms with E-state index in [1.165, 1.54) is 5.56 Å². The Morgan fingerprint density at radius 3 is 2.47 bits per heavy atom. The van der Waals surface area contributed by atoms with Crippen molar-refractivity contribution < 1.29 is 0 Å². The van der Waals surface area contributed by atoms with Crippen molar-refractivity contribution in [1.82, 2.24) is 0 Å². The second-order valence-electron chi connectivity index (χ2n) is 4.24. The Balaban J connectivity index is 3.45. The van der Waals surface area contributed by atoms with Crippen LogP contribution < -0.4 is 5.32 Å². The molecular formula is C16H21N. The van der Waals surface area contributed by atoms with Crippen LogP contribution in [0.1, 0.15) is 18.9 Å². The standard InChI is InChI=1S/C16H21N/c1-6-12-16(7-2,13(3)4)14-10-8-9-11-15(14)17-5/h6-11,17H,1-3,12H2,4-5H3. The Labute approximate surface area is 105 Å². The molecule has 1 aromatic carbocycles. The van der Waals surface area contributed by atoms with Crippen LogP contribution in [-0.4, -0.2) is 7.05 Å². The predicted octanol–water partition coefficient (Wildman–Crippen LogP) is 4.30. The van der Waals surface area contributed by atoms with Crippen LogP contribution in [-0.2, 0) is 5.41 Å². The second-order valence-corrected chi connectivity index (χ2v) is 4.24. The summed E-state index contributed by atoms with van der Waals surface area (Å²) in [7, 11) is 1.93. The highest BCUT2D eigenvalue weighted by Crippen LogP contribution is 2.40. The average Bonchev–Trinajstić information content (AvgIpc) is 2.35. The third-order valence-corrected chi connectivity index (χ3v) is 3.25. The fraction of sp³-hybridized carbons (Fsp3) is 0.250. The number of benzene rings is 1. The van der Waals surface area contributed by atoms with Gasteiger partial charge in [-0.25, -0.2) is 0 Å². The summed E-state index contributed by atoms with van der Waals surface area (Å²) in [5.41, 5.74) is 3.15. The molecule has 0 aliphatic carbocycles. The molecule has 17 heavy (non-hydrogen) atoms. The van der Waals surface area contributed by atoms with Crippen molar-refractivity contribution in [1.29, 1.82) is 0 Å². The summed E-state index contributed by atoms with van der Waals surface area (Å²) < 4.78 is 0. The second kappa shape index (κ2) is 5.53. The van der Waals surface area contributed by atoms with Gasteiger partial charge in [0.15, 0.2) is 0 Å². The van der Waals surface area contributed by atoms with Gasteiger partial charge < -0.3 is 5.32 Å². The van der Waals surface area contributed by atoms with E-state index >= 15 is 0 Å². The Hall–Kier alpha value is -1.76. The molecular weight excluding hydrogens is 206 g/mol. The zero-order valence-corrected chi connectivity index (χ0v) is 10.8. The van der Waals surface area contributed by atoms with Crippen molar-refractivity contribution in [2.75, 3.05) is 12.4 Å². The van der Waals surface area contributed by atoms with Gasteiger partial charge in [0.25, 0.3) is 0 Å². The molecule has 0 radical (unpaired) electrons. The molecule has 0 amide bonds. The smallest absolute Gasteiger partial charge is 0.0388 e. The van der Waals surface area contributed by atoms with Gasteiger partial charge in [-0.2, -0.15) is 0 Å². The predicted molar refractivity (Wildman–Crippen MR) is 77.5 cm³/mol. The maximum atomic E-state index is 4.12. The Morgan fingerprint density at radius 1 is 1.35 bits per heavy atom. The molecule has 0 bridgehead atoms. The van der Waals surface area contributed by atoms with Crippen molar-refractivity contribution in [3.05, 3.63) is 67.3 Å². The lowest BCUT2D eigenvalue weighted by atomic mass is 9.72. The first kappa shape index (κ1) is 13.3. The minimum absolute atomic E-state index is 0.235. The van der Waals surface area contributed by atoms with Crippen LogP contribution >= 0.6 is 0 Å². The maximum absolute atomic E-state index is 4.12. The number of hydrogen-bond donors (Lipinski definition) is 1. The zero-order valence-electron chi connectivity index (χ0n) is 10.8. The van der Waals surface area contributed by atoms with Crippen molar-refractivity contribution in [2.24, 2.45) is 0 Å². The van der Waals surface area contributed by atoms with Crippen LogP contribution in [0.3, 0.4) is 0 Å². The number of allylic oxidation sites excluding steroid dienone is 3. The summed E-state index contributed by atoms with van der Waals surface area (Å²) in [6.45, 7) is 14.0. The van der Waals surface area contributed by atoms with Crippen molar-refractivity contribution >= 4 is 5.69 Å². The highest BCUT2D eigenvalue weighted by Gasteiger charge is 2.30. The fourth-order valence-electron chi connectivity index (χ4n) is 2.20. The van der Waals surface area contributed by atoms with Crippen LogP contribution in [0.25, 0.3) is 0 Å². The lowest BCUT2D eigenvalue weighted by Gasteiger charge is -2.32. The van der Waals surface area contributed by atoms with Crippen LogP contribution in [0, 0.1) is 0 Å². The molecule has 0 aliphatic heterocycles. The van der Waals surface area contributed by atoms with Gasteiger partial charge in [-0.15, -0.1) is 13.2 Å². The topological polar surface area (TPSA) is 12.0 Å². The number of nitrogens with one attached hydrogen (secondary N) is 1. The highest BCUT2D eigenvalue weighted by atomic mass is 14.8. The maximum Gasteiger partial charge on any atom is 0.0388 e. The highest BCUT2D eigenvalue weighted by molar-refractivity contribution is 5.59. The Bertz CT molecular complexity index is 431. The van der Waals surface area contributed by atoms with Crippen molar-refractivity contribution in [2.45, 2.75) is 18.8 Å². The van der Waals surface area contributed by atoms with Gasteiger partial charge in [0.1, 0.15) is 0 Å². The molecule has 1 rings (SSSR count). The van der Waals surface area contributed by atoms with Gasteiger partial charge in [-0.05, 0) is 25.0 Å². The molecule has 1 aromatic rings. The number of rotatable bonds is 6. The molecule has 0 aromatic heterocycles. The Kier molecular flexibility index (Phi) is 4.33. The van der Waals surface area contributed by atoms with Crippen LogP contribution in [0.15, 0.2) is 61.7 Å². The van der Waals surface area contributed by atoms with E-state index in [4.69, 9.17) is 0 Å². The normalized spacial score (nSPS) is 13.5. The van der Waals surface area contributed by atoms with E-state index in [0.29, 0.717) is 0 Å². The quantitative estimate of drug-likeness (QED) is 0.714. The first-order valence-corrected chi connectivity index (χ1v) is 5.80. The minimum atomic E-state index is -0.235. The summed E-state index contributed by atoms with van der Waals surface area (Å²) in [5.74, 6) is 0. The van der Waals surface area contributed by atoms with E-state index in [2.05, 4.69) is 37.2 Å². The van der Waals surface area contributed by atoms with Crippen molar-refractivity contribution in [3.63, 3.8) is 0 Å². The molecule has 1 heteroatoms. The molecule has 90 valence electrons. The number of hydrogen-bond acceptors (Lipinski definition) is 1. The minimum Gasteiger partial charge on any atom is -0.388 e. The molecule has 0 fully saturated rings. The molecule has 1 atom stereocenters. The fourth-order valence-corrected chi connectivity index (χ4v) is 2.20. The van der Waals surface area contributed by atoms with Gasteiger partial charge in [0.2, 0.25) is 0 Å². The lowest BCUT2D eigenvalue weighted by molar-refractivity contribution is 0.643. The SMILES string of the molecule is C=CCC(C=C)(C(=C)C)c1ccccc1NC. The molecule has 1 unspecified atom stereocenters. The third kappa shape index (κ3) is 2.33. The molecule has 0 saturated carbocycles. The summed E-state index contributed by atoms with van der Waals surface area (Å²) in [6, 6.07) is 8.25. The summed E-state index contributed by atoms with van der Waals surface area (Å²) >= 11 is 0. The molecule has 1 N–H and O–H groups in total. The number of para-hydroxylation sites is 1. The molecule has 0 heterocycles. The third-order valence-electron chi connectivity index (χ3n) is 3.25. The monoisotopic (exact) mass is 227 g/mol. The van der Waals surface area contributed by atoms with Gasteiger partial charge >= 0.3 is 0 Å². The van der Waals surface area contributed by atoms with E-state index in [-0.39, 0.29) is 5.41 Å². The largest absolute Gasteiger partial charge is 0.388 e. The van der Waals surface area contributed by atoms with Gasteiger partial charge in [0, 0.05) is 18.2 Å². The van der Waals surface area contributed by atoms with Gasteiger partial charge in [0.05, 0.1) is 0 Å². The summed E-state index contributed by atoms with van der Waals surface area (Å²) in [4.78, 5) is 0. The first-order chi connectivity index (χ1) is 8.12. The van der Waals surface area contributed by atoms with Crippen molar-refractivity contribution in [3.8, 4) is 0 Å². The van der Waals surface area contributed by atoms with Gasteiger partial charge in [-0.1, -0.05) is 42.5 Å². The van der Waals surface area contributed by atoms with Crippen LogP contribution in [0.5, 0.6) is 0 Å². The van der Waals surface area contributed by atoms with E-state index in [1.54, 1.807) is 0 Å². The van der Waals surface area contributed by atoms with E-state index < -0.39 is 0 Å². The number of anilines is 1. The first-order valence-electron chi connectivity index (χ1n) is 5.80. The molecule has 0 saturated heterocycles. The Morgan fingerprint density at radius 2 is 2.00 bits per heavy atom. The van der Waals surface area contributed by atoms with E-state index in [9.17, 15) is 0 Å². The summed E-state index contributed by atoms with van der Waals surface area (Å²) in [6.07, 6.45) is 4.69. The van der Waals surface area contributed by atoms with E-state index in [0.717, 1.165) is 17.7 Å².